The standard InChI is InChI=1S/C21H22BrNO4/c1-21(2,3)27-20(25)23-10-9-14-7-8-16(11-15(14)12-23)26-19-6-4-5-18(22)17(19)13-24/h4-8,11,13H,9-10,12H2,1-3H3. The minimum Gasteiger partial charge on any atom is -0.457 e. The fraction of sp³-hybridized carbons (Fsp3) is 0.333. The second-order valence-corrected chi connectivity index (χ2v) is 8.31. The Hall–Kier alpha value is -2.34. The van der Waals surface area contributed by atoms with Crippen LogP contribution in [-0.4, -0.2) is 29.4 Å². The second kappa shape index (κ2) is 7.72. The molecule has 0 N–H and O–H groups in total. The van der Waals surface area contributed by atoms with Gasteiger partial charge in [0.15, 0.2) is 6.29 Å². The summed E-state index contributed by atoms with van der Waals surface area (Å²) in [5.41, 5.74) is 2.15. The Morgan fingerprint density at radius 3 is 2.67 bits per heavy atom. The molecule has 0 aliphatic carbocycles. The number of ether oxygens (including phenoxy) is 2. The van der Waals surface area contributed by atoms with E-state index in [4.69, 9.17) is 9.47 Å². The largest absolute Gasteiger partial charge is 0.457 e. The van der Waals surface area contributed by atoms with Crippen LogP contribution in [0.5, 0.6) is 11.5 Å². The molecular formula is C21H22BrNO4. The number of fused-ring (bicyclic) bond motifs is 1. The normalized spacial score (nSPS) is 13.7. The molecule has 0 aromatic heterocycles. The lowest BCUT2D eigenvalue weighted by Gasteiger charge is -2.31. The lowest BCUT2D eigenvalue weighted by molar-refractivity contribution is 0.0223. The minimum absolute atomic E-state index is 0.310. The van der Waals surface area contributed by atoms with E-state index in [1.165, 1.54) is 5.56 Å². The summed E-state index contributed by atoms with van der Waals surface area (Å²) in [6.45, 7) is 6.68. The summed E-state index contributed by atoms with van der Waals surface area (Å²) < 4.78 is 12.1. The number of halogens is 1. The number of carbonyl (C=O) groups excluding carboxylic acids is 2. The van der Waals surface area contributed by atoms with Crippen molar-refractivity contribution in [3.63, 3.8) is 0 Å². The Morgan fingerprint density at radius 2 is 1.96 bits per heavy atom. The van der Waals surface area contributed by atoms with Gasteiger partial charge in [0.05, 0.1) is 5.56 Å². The molecule has 0 unspecified atom stereocenters. The van der Waals surface area contributed by atoms with Gasteiger partial charge in [0.1, 0.15) is 17.1 Å². The predicted octanol–water partition coefficient (Wildman–Crippen LogP) is 5.35. The van der Waals surface area contributed by atoms with E-state index >= 15 is 0 Å². The maximum absolute atomic E-state index is 12.3. The summed E-state index contributed by atoms with van der Waals surface area (Å²) >= 11 is 3.36. The fourth-order valence-corrected chi connectivity index (χ4v) is 3.37. The summed E-state index contributed by atoms with van der Waals surface area (Å²) in [7, 11) is 0. The lowest BCUT2D eigenvalue weighted by atomic mass is 10.00. The number of nitrogens with zero attached hydrogens (tertiary/aromatic N) is 1. The molecule has 2 aromatic rings. The molecule has 142 valence electrons. The van der Waals surface area contributed by atoms with Crippen LogP contribution in [-0.2, 0) is 17.7 Å². The van der Waals surface area contributed by atoms with Crippen molar-refractivity contribution in [2.24, 2.45) is 0 Å². The Morgan fingerprint density at radius 1 is 1.19 bits per heavy atom. The van der Waals surface area contributed by atoms with Crippen molar-refractivity contribution in [3.05, 3.63) is 57.6 Å². The van der Waals surface area contributed by atoms with Gasteiger partial charge in [-0.1, -0.05) is 12.1 Å². The molecule has 0 saturated heterocycles. The monoisotopic (exact) mass is 431 g/mol. The van der Waals surface area contributed by atoms with Crippen molar-refractivity contribution in [3.8, 4) is 11.5 Å². The van der Waals surface area contributed by atoms with Crippen molar-refractivity contribution < 1.29 is 19.1 Å². The average Bonchev–Trinajstić information content (AvgIpc) is 2.60. The molecular weight excluding hydrogens is 410 g/mol. The number of aldehydes is 1. The lowest BCUT2D eigenvalue weighted by Crippen LogP contribution is -2.39. The third-order valence-electron chi connectivity index (χ3n) is 4.20. The summed E-state index contributed by atoms with van der Waals surface area (Å²) in [5, 5.41) is 0. The van der Waals surface area contributed by atoms with Gasteiger partial charge in [-0.15, -0.1) is 0 Å². The van der Waals surface area contributed by atoms with Crippen LogP contribution in [0, 0.1) is 0 Å². The molecule has 6 heteroatoms. The van der Waals surface area contributed by atoms with Crippen LogP contribution in [0.4, 0.5) is 4.79 Å². The summed E-state index contributed by atoms with van der Waals surface area (Å²) in [5.74, 6) is 1.11. The van der Waals surface area contributed by atoms with Crippen LogP contribution in [0.25, 0.3) is 0 Å². The summed E-state index contributed by atoms with van der Waals surface area (Å²) in [6.07, 6.45) is 1.22. The second-order valence-electron chi connectivity index (χ2n) is 7.45. The van der Waals surface area contributed by atoms with Gasteiger partial charge in [-0.05, 0) is 78.5 Å². The van der Waals surface area contributed by atoms with Crippen LogP contribution in [0.3, 0.4) is 0 Å². The number of rotatable bonds is 3. The number of carbonyl (C=O) groups is 2. The zero-order chi connectivity index (χ0) is 19.6. The van der Waals surface area contributed by atoms with Crippen LogP contribution in [0.15, 0.2) is 40.9 Å². The summed E-state index contributed by atoms with van der Waals surface area (Å²) in [4.78, 5) is 25.4. The van der Waals surface area contributed by atoms with Crippen LogP contribution >= 0.6 is 15.9 Å². The third-order valence-corrected chi connectivity index (χ3v) is 4.89. The molecule has 0 saturated carbocycles. The Bertz CT molecular complexity index is 873. The van der Waals surface area contributed by atoms with Gasteiger partial charge in [-0.2, -0.15) is 0 Å². The average molecular weight is 432 g/mol. The van der Waals surface area contributed by atoms with Crippen molar-refractivity contribution in [1.82, 2.24) is 4.90 Å². The van der Waals surface area contributed by atoms with Crippen LogP contribution in [0.2, 0.25) is 0 Å². The van der Waals surface area contributed by atoms with Gasteiger partial charge in [0.2, 0.25) is 0 Å². The number of hydrogen-bond acceptors (Lipinski definition) is 4. The molecule has 0 radical (unpaired) electrons. The molecule has 1 aliphatic rings. The van der Waals surface area contributed by atoms with Crippen molar-refractivity contribution in [1.29, 1.82) is 0 Å². The van der Waals surface area contributed by atoms with Gasteiger partial charge < -0.3 is 14.4 Å². The van der Waals surface area contributed by atoms with E-state index in [2.05, 4.69) is 15.9 Å². The molecule has 0 fully saturated rings. The molecule has 0 spiro atoms. The predicted molar refractivity (Wildman–Crippen MR) is 106 cm³/mol. The number of amides is 1. The van der Waals surface area contributed by atoms with Gasteiger partial charge in [-0.25, -0.2) is 4.79 Å². The highest BCUT2D eigenvalue weighted by Gasteiger charge is 2.26. The molecule has 0 atom stereocenters. The maximum Gasteiger partial charge on any atom is 0.410 e. The molecule has 27 heavy (non-hydrogen) atoms. The molecule has 1 heterocycles. The number of benzene rings is 2. The number of hydrogen-bond donors (Lipinski definition) is 0. The van der Waals surface area contributed by atoms with Gasteiger partial charge in [0.25, 0.3) is 0 Å². The molecule has 1 aliphatic heterocycles. The molecule has 3 rings (SSSR count). The first-order valence-electron chi connectivity index (χ1n) is 8.78. The van der Waals surface area contributed by atoms with Crippen molar-refractivity contribution >= 4 is 28.3 Å². The minimum atomic E-state index is -0.520. The Labute approximate surface area is 167 Å². The van der Waals surface area contributed by atoms with E-state index in [1.807, 2.05) is 45.0 Å². The molecule has 2 aromatic carbocycles. The van der Waals surface area contributed by atoms with E-state index in [9.17, 15) is 9.59 Å². The highest BCUT2D eigenvalue weighted by atomic mass is 79.9. The first-order valence-corrected chi connectivity index (χ1v) is 9.57. The van der Waals surface area contributed by atoms with Crippen molar-refractivity contribution in [2.45, 2.75) is 39.3 Å². The van der Waals surface area contributed by atoms with E-state index in [1.54, 1.807) is 17.0 Å². The highest BCUT2D eigenvalue weighted by Crippen LogP contribution is 2.32. The third kappa shape index (κ3) is 4.69. The Kier molecular flexibility index (Phi) is 5.56. The van der Waals surface area contributed by atoms with E-state index < -0.39 is 5.60 Å². The Balaban J connectivity index is 1.79. The van der Waals surface area contributed by atoms with E-state index in [-0.39, 0.29) is 6.09 Å². The van der Waals surface area contributed by atoms with Crippen LogP contribution < -0.4 is 4.74 Å². The first-order chi connectivity index (χ1) is 12.8. The van der Waals surface area contributed by atoms with Crippen molar-refractivity contribution in [2.75, 3.05) is 6.54 Å². The molecule has 5 nitrogen and oxygen atoms in total. The zero-order valence-electron chi connectivity index (χ0n) is 15.6. The SMILES string of the molecule is CC(C)(C)OC(=O)N1CCc2ccc(Oc3cccc(Br)c3C=O)cc2C1. The zero-order valence-corrected chi connectivity index (χ0v) is 17.2. The van der Waals surface area contributed by atoms with Gasteiger partial charge in [0, 0.05) is 17.6 Å². The highest BCUT2D eigenvalue weighted by molar-refractivity contribution is 9.10. The van der Waals surface area contributed by atoms with Gasteiger partial charge >= 0.3 is 6.09 Å². The quantitative estimate of drug-likeness (QED) is 0.614. The van der Waals surface area contributed by atoms with E-state index in [0.29, 0.717) is 34.6 Å². The molecule has 1 amide bonds. The van der Waals surface area contributed by atoms with Gasteiger partial charge in [-0.3, -0.25) is 4.79 Å². The smallest absolute Gasteiger partial charge is 0.410 e. The van der Waals surface area contributed by atoms with Crippen LogP contribution in [0.1, 0.15) is 42.3 Å². The molecule has 0 bridgehead atoms. The maximum atomic E-state index is 12.3. The topological polar surface area (TPSA) is 55.8 Å². The summed E-state index contributed by atoms with van der Waals surface area (Å²) in [6, 6.07) is 11.2. The fourth-order valence-electron chi connectivity index (χ4n) is 2.93. The first kappa shape index (κ1) is 19.4. The van der Waals surface area contributed by atoms with E-state index in [0.717, 1.165) is 18.3 Å².